The summed E-state index contributed by atoms with van der Waals surface area (Å²) in [6, 6.07) is 26.2. The van der Waals surface area contributed by atoms with Gasteiger partial charge in [-0.1, -0.05) is 66.7 Å². The Morgan fingerprint density at radius 1 is 0.643 bits per heavy atom. The number of hydrogen-bond acceptors (Lipinski definition) is 3. The van der Waals surface area contributed by atoms with Gasteiger partial charge in [0.1, 0.15) is 0 Å². The number of imide groups is 1. The zero-order valence-corrected chi connectivity index (χ0v) is 15.8. The molecule has 1 aliphatic rings. The molecule has 1 heterocycles. The van der Waals surface area contributed by atoms with Gasteiger partial charge in [-0.15, -0.1) is 0 Å². The molecule has 4 rings (SSSR count). The molecule has 0 aliphatic carbocycles. The van der Waals surface area contributed by atoms with Gasteiger partial charge in [0.05, 0.1) is 16.8 Å². The molecule has 138 valence electrons. The number of carbonyl (C=O) groups excluding carboxylic acids is 2. The highest BCUT2D eigenvalue weighted by atomic mass is 16.2. The van der Waals surface area contributed by atoms with Gasteiger partial charge in [-0.25, -0.2) is 4.90 Å². The fraction of sp³-hybridized carbons (Fsp3) is 0.0833. The van der Waals surface area contributed by atoms with Gasteiger partial charge >= 0.3 is 0 Å². The summed E-state index contributed by atoms with van der Waals surface area (Å²) in [4.78, 5) is 30.0. The molecule has 0 saturated heterocycles. The van der Waals surface area contributed by atoms with Crippen LogP contribution >= 0.6 is 0 Å². The minimum atomic E-state index is -0.300. The van der Waals surface area contributed by atoms with Crippen molar-refractivity contribution < 1.29 is 9.59 Å². The summed E-state index contributed by atoms with van der Waals surface area (Å²) >= 11 is 0. The van der Waals surface area contributed by atoms with E-state index in [9.17, 15) is 9.59 Å². The average molecular weight is 368 g/mol. The van der Waals surface area contributed by atoms with Crippen LogP contribution in [-0.2, 0) is 9.59 Å². The third-order valence-electron chi connectivity index (χ3n) is 4.81. The molecule has 0 saturated carbocycles. The molecule has 0 radical (unpaired) electrons. The lowest BCUT2D eigenvalue weighted by Crippen LogP contribution is -2.31. The summed E-state index contributed by atoms with van der Waals surface area (Å²) in [5, 5.41) is 0. The Bertz CT molecular complexity index is 1010. The zero-order valence-electron chi connectivity index (χ0n) is 15.8. The first-order chi connectivity index (χ1) is 13.6. The first-order valence-electron chi connectivity index (χ1n) is 9.09. The van der Waals surface area contributed by atoms with Crippen molar-refractivity contribution in [3.05, 3.63) is 96.1 Å². The van der Waals surface area contributed by atoms with Crippen LogP contribution in [0.2, 0.25) is 0 Å². The van der Waals surface area contributed by atoms with Gasteiger partial charge in [-0.3, -0.25) is 9.59 Å². The fourth-order valence-corrected chi connectivity index (χ4v) is 3.42. The van der Waals surface area contributed by atoms with Crippen molar-refractivity contribution in [2.75, 3.05) is 23.9 Å². The smallest absolute Gasteiger partial charge is 0.266 e. The van der Waals surface area contributed by atoms with Crippen LogP contribution in [0.3, 0.4) is 0 Å². The molecule has 0 fully saturated rings. The van der Waals surface area contributed by atoms with Crippen LogP contribution in [0.5, 0.6) is 0 Å². The second kappa shape index (κ2) is 7.16. The number of nitrogens with zero attached hydrogens (tertiary/aromatic N) is 2. The molecule has 4 heteroatoms. The Kier molecular flexibility index (Phi) is 4.53. The Morgan fingerprint density at radius 2 is 1.14 bits per heavy atom. The summed E-state index contributed by atoms with van der Waals surface area (Å²) in [5.74, 6) is -0.600. The molecule has 4 nitrogen and oxygen atoms in total. The van der Waals surface area contributed by atoms with Crippen LogP contribution in [0.15, 0.2) is 84.9 Å². The molecule has 28 heavy (non-hydrogen) atoms. The third kappa shape index (κ3) is 2.99. The quantitative estimate of drug-likeness (QED) is 0.647. The molecular weight excluding hydrogens is 348 g/mol. The summed E-state index contributed by atoms with van der Waals surface area (Å²) in [7, 11) is 3.85. The number of amides is 2. The fourth-order valence-electron chi connectivity index (χ4n) is 3.42. The standard InChI is InChI=1S/C24H20N2O2/c1-25(2)19-14-9-15-20(16-19)26-23(27)21(17-10-5-3-6-11-17)22(24(26)28)18-12-7-4-8-13-18/h3-16H,1-2H3. The number of carbonyl (C=O) groups is 2. The van der Waals surface area contributed by atoms with E-state index in [0.717, 1.165) is 16.8 Å². The largest absolute Gasteiger partial charge is 0.378 e. The van der Waals surface area contributed by atoms with Crippen LogP contribution in [0, 0.1) is 0 Å². The number of hydrogen-bond donors (Lipinski definition) is 0. The molecule has 0 unspecified atom stereocenters. The van der Waals surface area contributed by atoms with Crippen molar-refractivity contribution in [1.82, 2.24) is 0 Å². The number of rotatable bonds is 4. The normalized spacial score (nSPS) is 14.0. The van der Waals surface area contributed by atoms with E-state index in [-0.39, 0.29) is 11.8 Å². The predicted octanol–water partition coefficient (Wildman–Crippen LogP) is 4.24. The lowest BCUT2D eigenvalue weighted by Gasteiger charge is -2.19. The summed E-state index contributed by atoms with van der Waals surface area (Å²) in [5.41, 5.74) is 3.85. The molecule has 0 atom stereocenters. The molecule has 1 aliphatic heterocycles. The van der Waals surface area contributed by atoms with Gasteiger partial charge in [0.15, 0.2) is 0 Å². The van der Waals surface area contributed by atoms with E-state index in [4.69, 9.17) is 0 Å². The Balaban J connectivity index is 1.88. The third-order valence-corrected chi connectivity index (χ3v) is 4.81. The molecule has 0 spiro atoms. The van der Waals surface area contributed by atoms with Crippen molar-refractivity contribution in [3.63, 3.8) is 0 Å². The van der Waals surface area contributed by atoms with Gasteiger partial charge in [0.25, 0.3) is 11.8 Å². The highest BCUT2D eigenvalue weighted by Gasteiger charge is 2.40. The van der Waals surface area contributed by atoms with Gasteiger partial charge in [-0.05, 0) is 29.3 Å². The monoisotopic (exact) mass is 368 g/mol. The van der Waals surface area contributed by atoms with E-state index in [1.807, 2.05) is 97.9 Å². The maximum absolute atomic E-state index is 13.4. The van der Waals surface area contributed by atoms with Gasteiger partial charge in [0.2, 0.25) is 0 Å². The van der Waals surface area contributed by atoms with Crippen molar-refractivity contribution >= 4 is 34.3 Å². The second-order valence-corrected chi connectivity index (χ2v) is 6.84. The van der Waals surface area contributed by atoms with Crippen LogP contribution < -0.4 is 9.80 Å². The predicted molar refractivity (Wildman–Crippen MR) is 113 cm³/mol. The maximum Gasteiger partial charge on any atom is 0.266 e. The first kappa shape index (κ1) is 17.7. The highest BCUT2D eigenvalue weighted by molar-refractivity contribution is 6.57. The molecular formula is C24H20N2O2. The van der Waals surface area contributed by atoms with Gasteiger partial charge in [0, 0.05) is 19.8 Å². The first-order valence-corrected chi connectivity index (χ1v) is 9.09. The van der Waals surface area contributed by atoms with E-state index in [2.05, 4.69) is 0 Å². The van der Waals surface area contributed by atoms with Gasteiger partial charge < -0.3 is 4.90 Å². The Hall–Kier alpha value is -3.66. The molecule has 3 aromatic rings. The summed E-state index contributed by atoms with van der Waals surface area (Å²) in [6.45, 7) is 0. The van der Waals surface area contributed by atoms with Gasteiger partial charge in [-0.2, -0.15) is 0 Å². The van der Waals surface area contributed by atoms with E-state index < -0.39 is 0 Å². The minimum absolute atomic E-state index is 0.300. The molecule has 0 bridgehead atoms. The van der Waals surface area contributed by atoms with Crippen molar-refractivity contribution in [1.29, 1.82) is 0 Å². The second-order valence-electron chi connectivity index (χ2n) is 6.84. The summed E-state index contributed by atoms with van der Waals surface area (Å²) in [6.07, 6.45) is 0. The van der Waals surface area contributed by atoms with Crippen molar-refractivity contribution in [2.45, 2.75) is 0 Å². The lowest BCUT2D eigenvalue weighted by molar-refractivity contribution is -0.119. The van der Waals surface area contributed by atoms with Crippen molar-refractivity contribution in [3.8, 4) is 0 Å². The summed E-state index contributed by atoms with van der Waals surface area (Å²) < 4.78 is 0. The zero-order chi connectivity index (χ0) is 19.7. The lowest BCUT2D eigenvalue weighted by atomic mass is 9.96. The Morgan fingerprint density at radius 3 is 1.61 bits per heavy atom. The molecule has 0 aromatic heterocycles. The SMILES string of the molecule is CN(C)c1cccc(N2C(=O)C(c3ccccc3)=C(c3ccccc3)C2=O)c1. The number of benzene rings is 3. The van der Waals surface area contributed by atoms with E-state index in [1.54, 1.807) is 6.07 Å². The van der Waals surface area contributed by atoms with E-state index in [0.29, 0.717) is 16.8 Å². The minimum Gasteiger partial charge on any atom is -0.378 e. The molecule has 3 aromatic carbocycles. The number of anilines is 2. The van der Waals surface area contributed by atoms with Crippen molar-refractivity contribution in [2.24, 2.45) is 0 Å². The van der Waals surface area contributed by atoms with Crippen LogP contribution in [-0.4, -0.2) is 25.9 Å². The molecule has 0 N–H and O–H groups in total. The van der Waals surface area contributed by atoms with Crippen LogP contribution in [0.1, 0.15) is 11.1 Å². The van der Waals surface area contributed by atoms with E-state index >= 15 is 0 Å². The van der Waals surface area contributed by atoms with E-state index in [1.165, 1.54) is 4.90 Å². The Labute approximate surface area is 164 Å². The highest BCUT2D eigenvalue weighted by Crippen LogP contribution is 2.38. The maximum atomic E-state index is 13.4. The topological polar surface area (TPSA) is 40.6 Å². The molecule has 2 amide bonds. The van der Waals surface area contributed by atoms with Crippen LogP contribution in [0.4, 0.5) is 11.4 Å². The average Bonchev–Trinajstić information content (AvgIpc) is 2.99. The van der Waals surface area contributed by atoms with Crippen LogP contribution in [0.25, 0.3) is 11.1 Å².